The molecule has 1 fully saturated rings. The maximum Gasteiger partial charge on any atom is 0.338 e. The van der Waals surface area contributed by atoms with E-state index in [1.165, 1.54) is 41.6 Å². The second-order valence-corrected chi connectivity index (χ2v) is 10.2. The summed E-state index contributed by atoms with van der Waals surface area (Å²) in [7, 11) is -3.87. The highest BCUT2D eigenvalue weighted by molar-refractivity contribution is 7.89. The lowest BCUT2D eigenvalue weighted by molar-refractivity contribution is -0.0440. The minimum absolute atomic E-state index is 0.0120. The molecule has 4 rings (SSSR count). The summed E-state index contributed by atoms with van der Waals surface area (Å²) in [5, 5.41) is 0. The lowest BCUT2D eigenvalue weighted by Gasteiger charge is -2.34. The molecule has 1 aliphatic heterocycles. The third kappa shape index (κ3) is 4.68. The van der Waals surface area contributed by atoms with E-state index in [4.69, 9.17) is 9.47 Å². The van der Waals surface area contributed by atoms with E-state index < -0.39 is 28.6 Å². The van der Waals surface area contributed by atoms with Crippen LogP contribution in [-0.4, -0.2) is 53.5 Å². The minimum atomic E-state index is -3.87. The third-order valence-electron chi connectivity index (χ3n) is 5.56. The highest BCUT2D eigenvalue weighted by atomic mass is 32.2. The lowest BCUT2D eigenvalue weighted by atomic mass is 10.2. The Kier molecular flexibility index (Phi) is 6.70. The molecule has 0 radical (unpaired) electrons. The zero-order chi connectivity index (χ0) is 24.6. The number of sulfonamides is 1. The van der Waals surface area contributed by atoms with E-state index in [1.807, 2.05) is 0 Å². The number of carbonyl (C=O) groups is 1. The molecule has 3 unspecified atom stereocenters. The molecular formula is C23H25F2N3O5S. The molecule has 3 atom stereocenters. The molecule has 0 aliphatic carbocycles. The number of esters is 1. The number of hydrogen-bond acceptors (Lipinski definition) is 6. The lowest BCUT2D eigenvalue weighted by Crippen LogP contribution is -2.48. The van der Waals surface area contributed by atoms with Crippen molar-refractivity contribution in [3.8, 4) is 0 Å². The molecule has 0 bridgehead atoms. The molecule has 3 aromatic rings. The number of carbonyl (C=O) groups excluding carboxylic acids is 1. The zero-order valence-corrected chi connectivity index (χ0v) is 19.7. The number of imidazole rings is 1. The van der Waals surface area contributed by atoms with Gasteiger partial charge in [-0.1, -0.05) is 18.2 Å². The fourth-order valence-electron chi connectivity index (χ4n) is 4.10. The summed E-state index contributed by atoms with van der Waals surface area (Å²) < 4.78 is 66.8. The number of ether oxygens (including phenoxy) is 2. The Morgan fingerprint density at radius 2 is 1.79 bits per heavy atom. The van der Waals surface area contributed by atoms with Crippen LogP contribution >= 0.6 is 0 Å². The molecule has 0 N–H and O–H groups in total. The first-order valence-corrected chi connectivity index (χ1v) is 12.2. The largest absolute Gasteiger partial charge is 0.451 e. The first-order chi connectivity index (χ1) is 16.1. The number of halogens is 2. The van der Waals surface area contributed by atoms with Crippen LogP contribution in [0.25, 0.3) is 11.0 Å². The molecule has 0 spiro atoms. The Labute approximate surface area is 196 Å². The Bertz CT molecular complexity index is 1300. The first-order valence-electron chi connectivity index (χ1n) is 10.8. The summed E-state index contributed by atoms with van der Waals surface area (Å²) in [4.78, 5) is 17.0. The standard InChI is InChI=1S/C23H25F2N3O5S/c1-14-12-27(13-15(2)32-14)34(30,31)18-8-6-7-17(11-18)22(29)33-16(3)21-26-19-9-4-5-10-20(19)28(21)23(24)25/h4-11,14-16,23H,12-13H2,1-3H3. The van der Waals surface area contributed by atoms with Gasteiger partial charge in [0, 0.05) is 13.1 Å². The van der Waals surface area contributed by atoms with Crippen LogP contribution in [-0.2, 0) is 19.5 Å². The molecule has 11 heteroatoms. The minimum Gasteiger partial charge on any atom is -0.451 e. The third-order valence-corrected chi connectivity index (χ3v) is 7.39. The van der Waals surface area contributed by atoms with Gasteiger partial charge in [0.15, 0.2) is 11.9 Å². The van der Waals surface area contributed by atoms with Crippen LogP contribution in [0.1, 0.15) is 49.6 Å². The highest BCUT2D eigenvalue weighted by Gasteiger charge is 2.33. The number of rotatable bonds is 6. The van der Waals surface area contributed by atoms with E-state index in [0.717, 1.165) is 4.57 Å². The fraction of sp³-hybridized carbons (Fsp3) is 0.391. The van der Waals surface area contributed by atoms with Crippen molar-refractivity contribution in [3.05, 3.63) is 59.9 Å². The van der Waals surface area contributed by atoms with Crippen LogP contribution in [0.15, 0.2) is 53.4 Å². The number of morpholine rings is 1. The SMILES string of the molecule is CC1CN(S(=O)(=O)c2cccc(C(=O)OC(C)c3nc4ccccc4n3C(F)F)c2)CC(C)O1. The van der Waals surface area contributed by atoms with Gasteiger partial charge in [-0.05, 0) is 51.1 Å². The van der Waals surface area contributed by atoms with Gasteiger partial charge in [-0.15, -0.1) is 0 Å². The molecule has 0 amide bonds. The molecule has 8 nitrogen and oxygen atoms in total. The Morgan fingerprint density at radius 3 is 2.47 bits per heavy atom. The first kappa shape index (κ1) is 24.2. The van der Waals surface area contributed by atoms with E-state index in [0.29, 0.717) is 5.52 Å². The van der Waals surface area contributed by atoms with Crippen molar-refractivity contribution in [1.29, 1.82) is 0 Å². The zero-order valence-electron chi connectivity index (χ0n) is 18.9. The number of alkyl halides is 2. The van der Waals surface area contributed by atoms with Crippen LogP contribution in [0.3, 0.4) is 0 Å². The topological polar surface area (TPSA) is 90.7 Å². The van der Waals surface area contributed by atoms with Crippen LogP contribution in [0.2, 0.25) is 0 Å². The summed E-state index contributed by atoms with van der Waals surface area (Å²) in [6, 6.07) is 11.9. The molecule has 182 valence electrons. The molecule has 1 aromatic heterocycles. The predicted octanol–water partition coefficient (Wildman–Crippen LogP) is 4.15. The molecule has 0 saturated carbocycles. The van der Waals surface area contributed by atoms with Crippen molar-refractivity contribution >= 4 is 27.0 Å². The Morgan fingerprint density at radius 1 is 1.12 bits per heavy atom. The second-order valence-electron chi connectivity index (χ2n) is 8.26. The summed E-state index contributed by atoms with van der Waals surface area (Å²) in [5.74, 6) is -0.953. The number of hydrogen-bond donors (Lipinski definition) is 0. The fourth-order valence-corrected chi connectivity index (χ4v) is 5.73. The van der Waals surface area contributed by atoms with Crippen LogP contribution in [0.4, 0.5) is 8.78 Å². The number of fused-ring (bicyclic) bond motifs is 1. The molecule has 34 heavy (non-hydrogen) atoms. The van der Waals surface area contributed by atoms with E-state index in [1.54, 1.807) is 32.0 Å². The van der Waals surface area contributed by atoms with Gasteiger partial charge in [0.1, 0.15) is 0 Å². The second kappa shape index (κ2) is 9.40. The number of nitrogens with zero attached hydrogens (tertiary/aromatic N) is 3. The molecule has 2 heterocycles. The number of benzene rings is 2. The van der Waals surface area contributed by atoms with Gasteiger partial charge in [0.05, 0.1) is 33.7 Å². The summed E-state index contributed by atoms with van der Waals surface area (Å²) in [6.45, 7) is 2.54. The average Bonchev–Trinajstić information content (AvgIpc) is 3.18. The molecule has 1 saturated heterocycles. The quantitative estimate of drug-likeness (QED) is 0.479. The van der Waals surface area contributed by atoms with Gasteiger partial charge in [-0.25, -0.2) is 18.2 Å². The van der Waals surface area contributed by atoms with Crippen molar-refractivity contribution in [3.63, 3.8) is 0 Å². The Balaban J connectivity index is 1.58. The van der Waals surface area contributed by atoms with E-state index >= 15 is 0 Å². The predicted molar refractivity (Wildman–Crippen MR) is 120 cm³/mol. The molecule has 1 aliphatic rings. The maximum absolute atomic E-state index is 13.7. The van der Waals surface area contributed by atoms with Crippen molar-refractivity contribution in [2.45, 2.75) is 50.5 Å². The van der Waals surface area contributed by atoms with E-state index in [2.05, 4.69) is 4.98 Å². The molecule has 2 aromatic carbocycles. The maximum atomic E-state index is 13.7. The normalized spacial score (nSPS) is 20.5. The number of aromatic nitrogens is 2. The molecular weight excluding hydrogens is 468 g/mol. The van der Waals surface area contributed by atoms with Gasteiger partial charge in [-0.2, -0.15) is 13.1 Å². The van der Waals surface area contributed by atoms with Gasteiger partial charge in [0.2, 0.25) is 10.0 Å². The van der Waals surface area contributed by atoms with E-state index in [-0.39, 0.29) is 47.1 Å². The summed E-state index contributed by atoms with van der Waals surface area (Å²) >= 11 is 0. The average molecular weight is 494 g/mol. The van der Waals surface area contributed by atoms with Gasteiger partial charge < -0.3 is 9.47 Å². The van der Waals surface area contributed by atoms with Crippen LogP contribution in [0, 0.1) is 0 Å². The van der Waals surface area contributed by atoms with Crippen molar-refractivity contribution < 1.29 is 31.5 Å². The summed E-state index contributed by atoms with van der Waals surface area (Å²) in [6.07, 6.45) is -1.63. The number of para-hydroxylation sites is 2. The van der Waals surface area contributed by atoms with Crippen LogP contribution < -0.4 is 0 Å². The summed E-state index contributed by atoms with van der Waals surface area (Å²) in [5.41, 5.74) is 0.558. The van der Waals surface area contributed by atoms with E-state index in [9.17, 15) is 22.0 Å². The smallest absolute Gasteiger partial charge is 0.338 e. The van der Waals surface area contributed by atoms with Gasteiger partial charge >= 0.3 is 12.5 Å². The van der Waals surface area contributed by atoms with Crippen LogP contribution in [0.5, 0.6) is 0 Å². The van der Waals surface area contributed by atoms with Gasteiger partial charge in [0.25, 0.3) is 0 Å². The van der Waals surface area contributed by atoms with Crippen molar-refractivity contribution in [2.24, 2.45) is 0 Å². The monoisotopic (exact) mass is 493 g/mol. The van der Waals surface area contributed by atoms with Gasteiger partial charge in [-0.3, -0.25) is 4.57 Å². The Hall–Kier alpha value is -2.89. The van der Waals surface area contributed by atoms with Crippen molar-refractivity contribution in [1.82, 2.24) is 13.9 Å². The highest BCUT2D eigenvalue weighted by Crippen LogP contribution is 2.29. The van der Waals surface area contributed by atoms with Crippen molar-refractivity contribution in [2.75, 3.05) is 13.1 Å².